The minimum absolute atomic E-state index is 0.0999. The summed E-state index contributed by atoms with van der Waals surface area (Å²) in [5.74, 6) is -0.612. The number of benzene rings is 2. The van der Waals surface area contributed by atoms with Crippen LogP contribution in [-0.2, 0) is 14.6 Å². The predicted octanol–water partition coefficient (Wildman–Crippen LogP) is 4.82. The van der Waals surface area contributed by atoms with E-state index < -0.39 is 33.6 Å². The Hall–Kier alpha value is -3.89. The van der Waals surface area contributed by atoms with Gasteiger partial charge in [0.25, 0.3) is 0 Å². The Balaban J connectivity index is 1.35. The molecular weight excluding hydrogens is 607 g/mol. The number of anilines is 1. The van der Waals surface area contributed by atoms with Crippen LogP contribution in [0, 0.1) is 17.2 Å². The van der Waals surface area contributed by atoms with Crippen LogP contribution in [-0.4, -0.2) is 65.5 Å². The summed E-state index contributed by atoms with van der Waals surface area (Å²) in [6, 6.07) is 15.3. The smallest absolute Gasteiger partial charge is 0.379 e. The minimum Gasteiger partial charge on any atom is -0.379 e. The van der Waals surface area contributed by atoms with E-state index in [9.17, 15) is 36.8 Å². The molecule has 0 bridgehead atoms. The van der Waals surface area contributed by atoms with E-state index in [-0.39, 0.29) is 28.9 Å². The van der Waals surface area contributed by atoms with Gasteiger partial charge >= 0.3 is 6.18 Å². The number of carbonyl (C=O) groups excluding carboxylic acids is 1. The molecule has 3 fully saturated rings. The number of nitrogens with one attached hydrogen (secondary N) is 1. The Morgan fingerprint density at radius 1 is 1.02 bits per heavy atom. The van der Waals surface area contributed by atoms with Crippen molar-refractivity contribution in [2.24, 2.45) is 5.92 Å². The fourth-order valence-corrected chi connectivity index (χ4v) is 7.53. The SMILES string of the molecule is N#CC1(NC(=O)[C@@H]2CCCC[C@H]2c2nn(-c3ccc(C(O)C(F)(F)F)cc3)cc2-c2ccc(N3CCS(=O)(=O)CC3)cc2)CC1. The van der Waals surface area contributed by atoms with Gasteiger partial charge in [0.2, 0.25) is 5.91 Å². The van der Waals surface area contributed by atoms with Crippen molar-refractivity contribution >= 4 is 21.4 Å². The van der Waals surface area contributed by atoms with E-state index >= 15 is 0 Å². The fourth-order valence-electron chi connectivity index (χ4n) is 6.33. The highest BCUT2D eigenvalue weighted by molar-refractivity contribution is 7.91. The molecule has 1 amide bonds. The van der Waals surface area contributed by atoms with E-state index in [2.05, 4.69) is 11.4 Å². The van der Waals surface area contributed by atoms with Gasteiger partial charge in [0.15, 0.2) is 15.9 Å². The second kappa shape index (κ2) is 11.8. The molecule has 1 aromatic heterocycles. The van der Waals surface area contributed by atoms with E-state index in [1.54, 1.807) is 10.9 Å². The van der Waals surface area contributed by atoms with Gasteiger partial charge in [-0.05, 0) is 61.1 Å². The van der Waals surface area contributed by atoms with E-state index in [4.69, 9.17) is 5.10 Å². The number of hydrogen-bond acceptors (Lipinski definition) is 7. The van der Waals surface area contributed by atoms with Crippen molar-refractivity contribution in [3.8, 4) is 22.9 Å². The zero-order chi connectivity index (χ0) is 32.0. The molecule has 45 heavy (non-hydrogen) atoms. The maximum absolute atomic E-state index is 13.5. The maximum atomic E-state index is 13.5. The zero-order valence-corrected chi connectivity index (χ0v) is 25.3. The van der Waals surface area contributed by atoms with Gasteiger partial charge < -0.3 is 15.3 Å². The van der Waals surface area contributed by atoms with Gasteiger partial charge in [-0.15, -0.1) is 0 Å². The summed E-state index contributed by atoms with van der Waals surface area (Å²) in [4.78, 5) is 15.5. The Morgan fingerprint density at radius 2 is 1.64 bits per heavy atom. The summed E-state index contributed by atoms with van der Waals surface area (Å²) < 4.78 is 64.6. The van der Waals surface area contributed by atoms with Crippen LogP contribution in [0.25, 0.3) is 16.8 Å². The molecule has 2 aliphatic carbocycles. The largest absolute Gasteiger partial charge is 0.418 e. The number of amides is 1. The number of halogens is 3. The van der Waals surface area contributed by atoms with Crippen LogP contribution in [0.3, 0.4) is 0 Å². The Kier molecular flexibility index (Phi) is 8.16. The lowest BCUT2D eigenvalue weighted by Crippen LogP contribution is -2.42. The Labute approximate surface area is 259 Å². The molecule has 2 saturated carbocycles. The van der Waals surface area contributed by atoms with Crippen molar-refractivity contribution < 1.29 is 31.5 Å². The first kappa shape index (κ1) is 31.1. The fraction of sp³-hybridized carbons (Fsp3) is 0.469. The number of nitriles is 1. The monoisotopic (exact) mass is 641 g/mol. The van der Waals surface area contributed by atoms with Gasteiger partial charge in [0.05, 0.1) is 29.0 Å². The molecule has 0 radical (unpaired) electrons. The van der Waals surface area contributed by atoms with Crippen LogP contribution in [0.5, 0.6) is 0 Å². The molecule has 2 aromatic carbocycles. The van der Waals surface area contributed by atoms with Crippen LogP contribution in [0.2, 0.25) is 0 Å². The lowest BCUT2D eigenvalue weighted by atomic mass is 9.75. The van der Waals surface area contributed by atoms with E-state index in [1.807, 2.05) is 29.2 Å². The lowest BCUT2D eigenvalue weighted by Gasteiger charge is -2.31. The van der Waals surface area contributed by atoms with Crippen molar-refractivity contribution in [1.82, 2.24) is 15.1 Å². The molecule has 0 spiro atoms. The van der Waals surface area contributed by atoms with Crippen molar-refractivity contribution in [2.45, 2.75) is 62.3 Å². The summed E-state index contributed by atoms with van der Waals surface area (Å²) in [5, 5.41) is 27.1. The number of alkyl halides is 3. The first-order valence-corrected chi connectivity index (χ1v) is 16.9. The first-order chi connectivity index (χ1) is 21.4. The number of hydrogen-bond donors (Lipinski definition) is 2. The predicted molar refractivity (Wildman–Crippen MR) is 161 cm³/mol. The van der Waals surface area contributed by atoms with Gasteiger partial charge in [0, 0.05) is 42.4 Å². The van der Waals surface area contributed by atoms with Gasteiger partial charge in [-0.3, -0.25) is 4.79 Å². The lowest BCUT2D eigenvalue weighted by molar-refractivity contribution is -0.206. The van der Waals surface area contributed by atoms with E-state index in [0.29, 0.717) is 50.2 Å². The molecular formula is C32H34F3N5O4S. The molecule has 3 aromatic rings. The molecule has 6 rings (SSSR count). The zero-order valence-electron chi connectivity index (χ0n) is 24.5. The average molecular weight is 642 g/mol. The molecule has 13 heteroatoms. The van der Waals surface area contributed by atoms with E-state index in [1.165, 1.54) is 24.3 Å². The van der Waals surface area contributed by atoms with Crippen molar-refractivity contribution in [2.75, 3.05) is 29.5 Å². The second-order valence-corrected chi connectivity index (χ2v) is 14.6. The molecule has 1 aliphatic heterocycles. The molecule has 9 nitrogen and oxygen atoms in total. The second-order valence-electron chi connectivity index (χ2n) is 12.3. The molecule has 2 heterocycles. The molecule has 3 aliphatic rings. The van der Waals surface area contributed by atoms with Crippen LogP contribution < -0.4 is 10.2 Å². The first-order valence-electron chi connectivity index (χ1n) is 15.1. The number of nitrogens with zero attached hydrogens (tertiary/aromatic N) is 4. The van der Waals surface area contributed by atoms with Crippen LogP contribution in [0.4, 0.5) is 18.9 Å². The van der Waals surface area contributed by atoms with Gasteiger partial charge in [-0.1, -0.05) is 37.1 Å². The van der Waals surface area contributed by atoms with Gasteiger partial charge in [-0.2, -0.15) is 23.5 Å². The summed E-state index contributed by atoms with van der Waals surface area (Å²) in [6.45, 7) is 0.819. The summed E-state index contributed by atoms with van der Waals surface area (Å²) in [6.07, 6.45) is -1.22. The number of carbonyl (C=O) groups is 1. The number of aliphatic hydroxyl groups is 1. The third-order valence-corrected chi connectivity index (χ3v) is 10.8. The van der Waals surface area contributed by atoms with Crippen molar-refractivity contribution in [3.05, 3.63) is 66.0 Å². The van der Waals surface area contributed by atoms with Crippen LogP contribution >= 0.6 is 0 Å². The number of sulfone groups is 1. The van der Waals surface area contributed by atoms with E-state index in [0.717, 1.165) is 29.7 Å². The quantitative estimate of drug-likeness (QED) is 0.379. The third kappa shape index (κ3) is 6.58. The molecule has 2 N–H and O–H groups in total. The van der Waals surface area contributed by atoms with Crippen LogP contribution in [0.15, 0.2) is 54.7 Å². The Bertz CT molecular complexity index is 1700. The highest BCUT2D eigenvalue weighted by Gasteiger charge is 2.47. The van der Waals surface area contributed by atoms with Crippen molar-refractivity contribution in [3.63, 3.8) is 0 Å². The van der Waals surface area contributed by atoms with Gasteiger partial charge in [-0.25, -0.2) is 13.1 Å². The van der Waals surface area contributed by atoms with Gasteiger partial charge in [0.1, 0.15) is 5.54 Å². The molecule has 3 atom stereocenters. The highest BCUT2D eigenvalue weighted by atomic mass is 32.2. The number of aromatic nitrogens is 2. The maximum Gasteiger partial charge on any atom is 0.418 e. The Morgan fingerprint density at radius 3 is 2.24 bits per heavy atom. The normalized spacial score (nSPS) is 23.1. The van der Waals surface area contributed by atoms with Crippen LogP contribution in [0.1, 0.15) is 61.8 Å². The standard InChI is InChI=1S/C32H34F3N5O4S/c33-32(34,35)29(41)22-7-11-24(12-8-22)40-19-27(21-5-9-23(10-6-21)39-15-17-45(43,44)18-16-39)28(38-40)25-3-1-2-4-26(25)30(42)37-31(20-36)13-14-31/h5-12,19,25-26,29,41H,1-4,13-18H2,(H,37,42)/t25-,26-,29?/m1/s1. The number of rotatable bonds is 7. The molecule has 1 unspecified atom stereocenters. The summed E-state index contributed by atoms with van der Waals surface area (Å²) in [7, 11) is -3.03. The summed E-state index contributed by atoms with van der Waals surface area (Å²) >= 11 is 0. The number of aliphatic hydroxyl groups excluding tert-OH is 1. The highest BCUT2D eigenvalue weighted by Crippen LogP contribution is 2.43. The van der Waals surface area contributed by atoms with Crippen molar-refractivity contribution in [1.29, 1.82) is 5.26 Å². The average Bonchev–Trinajstić information content (AvgIpc) is 3.66. The minimum atomic E-state index is -4.79. The third-order valence-electron chi connectivity index (χ3n) is 9.19. The molecule has 1 saturated heterocycles. The summed E-state index contributed by atoms with van der Waals surface area (Å²) in [5.41, 5.74) is 2.59. The molecule has 238 valence electrons. The topological polar surface area (TPSA) is 128 Å².